The number of aromatic nitrogens is 3. The van der Waals surface area contributed by atoms with Crippen LogP contribution in [0.4, 0.5) is 23.4 Å². The molecule has 3 fully saturated rings. The van der Waals surface area contributed by atoms with Gasteiger partial charge in [-0.1, -0.05) is 30.3 Å². The van der Waals surface area contributed by atoms with Crippen LogP contribution in [0, 0.1) is 29.2 Å². The van der Waals surface area contributed by atoms with Crippen LogP contribution >= 0.6 is 0 Å². The molecule has 5 aromatic rings. The number of β-amino-alcohol motifs (C(OH)–C–C–N with tert-alkyl or cyclic N) is 1. The smallest absolute Gasteiger partial charge is 0.319 e. The number of benzene rings is 3. The van der Waals surface area contributed by atoms with E-state index in [9.17, 15) is 18.7 Å². The second kappa shape index (κ2) is 12.8. The average Bonchev–Trinajstić information content (AvgIpc) is 3.70. The largest absolute Gasteiger partial charge is 0.461 e. The number of esters is 1. The number of nitrogens with zero attached hydrogens (tertiary/aromatic N) is 5. The Labute approximate surface area is 284 Å². The monoisotopic (exact) mass is 687 g/mol. The van der Waals surface area contributed by atoms with Crippen LogP contribution < -0.4 is 14.4 Å². The van der Waals surface area contributed by atoms with Crippen molar-refractivity contribution >= 4 is 33.5 Å². The lowest BCUT2D eigenvalue weighted by molar-refractivity contribution is -0.143. The molecular weight excluding hydrogens is 654 g/mol. The average molecular weight is 688 g/mol. The van der Waals surface area contributed by atoms with E-state index in [0.29, 0.717) is 12.0 Å². The van der Waals surface area contributed by atoms with E-state index in [-0.39, 0.29) is 70.2 Å². The lowest BCUT2D eigenvalue weighted by Crippen LogP contribution is -2.48. The third kappa shape index (κ3) is 5.67. The summed E-state index contributed by atoms with van der Waals surface area (Å²) in [5.74, 6) is -5.23. The predicted molar refractivity (Wildman–Crippen MR) is 177 cm³/mol. The highest BCUT2D eigenvalue weighted by Crippen LogP contribution is 2.40. The van der Waals surface area contributed by atoms with Gasteiger partial charge >= 0.3 is 12.0 Å². The number of rotatable bonds is 7. The number of halogens is 4. The summed E-state index contributed by atoms with van der Waals surface area (Å²) in [4.78, 5) is 30.8. The van der Waals surface area contributed by atoms with Crippen molar-refractivity contribution in [2.75, 3.05) is 37.7 Å². The van der Waals surface area contributed by atoms with E-state index in [1.54, 1.807) is 35.2 Å². The summed E-state index contributed by atoms with van der Waals surface area (Å²) in [7, 11) is 0. The molecule has 2 aromatic heterocycles. The lowest BCUT2D eigenvalue weighted by Gasteiger charge is -2.36. The fourth-order valence-electron chi connectivity index (χ4n) is 7.80. The molecule has 50 heavy (non-hydrogen) atoms. The molecule has 0 spiro atoms. The quantitative estimate of drug-likeness (QED) is 0.122. The minimum Gasteiger partial charge on any atom is -0.461 e. The van der Waals surface area contributed by atoms with Crippen molar-refractivity contribution in [2.45, 2.75) is 43.7 Å². The number of aliphatic hydroxyl groups is 1. The van der Waals surface area contributed by atoms with E-state index in [0.717, 1.165) is 57.0 Å². The van der Waals surface area contributed by atoms with E-state index in [4.69, 9.17) is 14.5 Å². The standard InChI is InChI=1S/C37H33F4N5O4/c38-26-10-9-22(17-28(26)40)50-35(48)23-11-16-45(19-29(23)47)34-25-18-42-32(24-7-1-5-21-6-2-8-27(39)30(21)24)31(41)33(25)43-36(44-34)49-20-37-12-3-14-46(37)15-4-13-37/h1-2,5-10,17-18,23,29,47H,3-4,11-16,19-20H2/t23-,29+/m0/s1. The summed E-state index contributed by atoms with van der Waals surface area (Å²) in [6, 6.07) is 12.4. The maximum atomic E-state index is 16.7. The van der Waals surface area contributed by atoms with Gasteiger partial charge in [0.05, 0.1) is 22.9 Å². The van der Waals surface area contributed by atoms with Crippen molar-refractivity contribution in [3.05, 3.63) is 84.1 Å². The van der Waals surface area contributed by atoms with Gasteiger partial charge < -0.3 is 19.5 Å². The number of pyridine rings is 1. The molecule has 1 N–H and O–H groups in total. The molecule has 13 heteroatoms. The van der Waals surface area contributed by atoms with Gasteiger partial charge in [0.25, 0.3) is 0 Å². The van der Waals surface area contributed by atoms with E-state index in [2.05, 4.69) is 14.9 Å². The van der Waals surface area contributed by atoms with Gasteiger partial charge in [0.1, 0.15) is 35.2 Å². The van der Waals surface area contributed by atoms with Gasteiger partial charge in [0, 0.05) is 36.3 Å². The van der Waals surface area contributed by atoms with Crippen LogP contribution in [-0.4, -0.2) is 75.4 Å². The van der Waals surface area contributed by atoms with Crippen molar-refractivity contribution in [3.8, 4) is 23.0 Å². The maximum Gasteiger partial charge on any atom is 0.319 e. The van der Waals surface area contributed by atoms with Crippen LogP contribution in [0.1, 0.15) is 32.1 Å². The molecule has 9 nitrogen and oxygen atoms in total. The van der Waals surface area contributed by atoms with Crippen LogP contribution in [0.25, 0.3) is 32.9 Å². The molecule has 0 unspecified atom stereocenters. The second-order valence-corrected chi connectivity index (χ2v) is 13.3. The van der Waals surface area contributed by atoms with Crippen LogP contribution in [0.2, 0.25) is 0 Å². The Hall–Kier alpha value is -4.88. The predicted octanol–water partition coefficient (Wildman–Crippen LogP) is 6.20. The van der Waals surface area contributed by atoms with Crippen molar-refractivity contribution in [3.63, 3.8) is 0 Å². The first-order valence-corrected chi connectivity index (χ1v) is 16.7. The summed E-state index contributed by atoms with van der Waals surface area (Å²) in [6.45, 7) is 2.43. The molecule has 0 amide bonds. The van der Waals surface area contributed by atoms with Gasteiger partial charge in [-0.15, -0.1) is 0 Å². The van der Waals surface area contributed by atoms with Gasteiger partial charge in [0.15, 0.2) is 17.5 Å². The molecule has 0 aliphatic carbocycles. The normalized spacial score (nSPS) is 20.4. The molecule has 0 bridgehead atoms. The highest BCUT2D eigenvalue weighted by atomic mass is 19.2. The number of piperidine rings is 1. The van der Waals surface area contributed by atoms with E-state index >= 15 is 8.78 Å². The number of ether oxygens (including phenoxy) is 2. The number of carbonyl (C=O) groups excluding carboxylic acids is 1. The minimum atomic E-state index is -1.24. The summed E-state index contributed by atoms with van der Waals surface area (Å²) < 4.78 is 70.4. The summed E-state index contributed by atoms with van der Waals surface area (Å²) >= 11 is 0. The Morgan fingerprint density at radius 1 is 0.940 bits per heavy atom. The van der Waals surface area contributed by atoms with Gasteiger partial charge in [-0.25, -0.2) is 17.6 Å². The topological polar surface area (TPSA) is 101 Å². The Kier molecular flexibility index (Phi) is 8.26. The first-order valence-electron chi connectivity index (χ1n) is 16.7. The van der Waals surface area contributed by atoms with Crippen molar-refractivity contribution in [2.24, 2.45) is 5.92 Å². The maximum absolute atomic E-state index is 16.7. The summed E-state index contributed by atoms with van der Waals surface area (Å²) in [5, 5.41) is 12.2. The summed E-state index contributed by atoms with van der Waals surface area (Å²) in [6.07, 6.45) is 4.37. The number of aliphatic hydroxyl groups excluding tert-OH is 1. The zero-order chi connectivity index (χ0) is 34.6. The number of hydrogen-bond acceptors (Lipinski definition) is 9. The Bertz CT molecular complexity index is 2120. The molecule has 2 atom stereocenters. The molecule has 3 aliphatic heterocycles. The van der Waals surface area contributed by atoms with E-state index in [1.165, 1.54) is 12.3 Å². The zero-order valence-corrected chi connectivity index (χ0v) is 26.9. The van der Waals surface area contributed by atoms with Crippen LogP contribution in [0.15, 0.2) is 60.8 Å². The Morgan fingerprint density at radius 2 is 1.72 bits per heavy atom. The highest BCUT2D eigenvalue weighted by Gasteiger charge is 2.45. The first-order chi connectivity index (χ1) is 24.2. The van der Waals surface area contributed by atoms with Crippen LogP contribution in [0.5, 0.6) is 11.8 Å². The van der Waals surface area contributed by atoms with E-state index < -0.39 is 41.3 Å². The summed E-state index contributed by atoms with van der Waals surface area (Å²) in [5.41, 5.74) is -0.0305. The molecular formula is C37H33F4N5O4. The van der Waals surface area contributed by atoms with Gasteiger partial charge in [0.2, 0.25) is 0 Å². The molecule has 258 valence electrons. The van der Waals surface area contributed by atoms with Crippen molar-refractivity contribution in [1.29, 1.82) is 0 Å². The molecule has 3 saturated heterocycles. The van der Waals surface area contributed by atoms with Gasteiger partial charge in [-0.05, 0) is 68.8 Å². The minimum absolute atomic E-state index is 0.0462. The fraction of sp³-hybridized carbons (Fsp3) is 0.351. The van der Waals surface area contributed by atoms with Crippen LogP contribution in [0.3, 0.4) is 0 Å². The molecule has 3 aromatic carbocycles. The van der Waals surface area contributed by atoms with Crippen molar-refractivity contribution in [1.82, 2.24) is 19.9 Å². The van der Waals surface area contributed by atoms with Gasteiger partial charge in [-0.2, -0.15) is 9.97 Å². The molecule has 0 saturated carbocycles. The van der Waals surface area contributed by atoms with Crippen molar-refractivity contribution < 1.29 is 36.9 Å². The first kappa shape index (κ1) is 32.3. The fourth-order valence-corrected chi connectivity index (χ4v) is 7.80. The third-order valence-electron chi connectivity index (χ3n) is 10.3. The van der Waals surface area contributed by atoms with Gasteiger partial charge in [-0.3, -0.25) is 14.7 Å². The van der Waals surface area contributed by atoms with Crippen LogP contribution in [-0.2, 0) is 4.79 Å². The molecule has 8 rings (SSSR count). The molecule has 5 heterocycles. The molecule has 3 aliphatic rings. The lowest BCUT2D eigenvalue weighted by atomic mass is 9.93. The second-order valence-electron chi connectivity index (χ2n) is 13.3. The Morgan fingerprint density at radius 3 is 2.48 bits per heavy atom. The Balaban J connectivity index is 1.14. The number of anilines is 1. The number of carbonyl (C=O) groups is 1. The third-order valence-corrected chi connectivity index (χ3v) is 10.3. The molecule has 0 radical (unpaired) electrons. The highest BCUT2D eigenvalue weighted by molar-refractivity contribution is 5.99. The number of fused-ring (bicyclic) bond motifs is 3. The number of hydrogen-bond donors (Lipinski definition) is 1. The van der Waals surface area contributed by atoms with E-state index in [1.807, 2.05) is 0 Å². The zero-order valence-electron chi connectivity index (χ0n) is 26.9. The SMILES string of the molecule is O=C(Oc1ccc(F)c(F)c1)[C@H]1CCN(c2nc(OCC34CCCN3CCC4)nc3c(F)c(-c4cccc5cccc(F)c45)ncc23)C[C@H]1O.